The van der Waals surface area contributed by atoms with E-state index in [0.29, 0.717) is 0 Å². The molecular weight excluding hydrogens is 214 g/mol. The molecule has 0 fully saturated rings. The zero-order valence-electron chi connectivity index (χ0n) is 9.10. The predicted molar refractivity (Wildman–Crippen MR) is 67.1 cm³/mol. The Morgan fingerprint density at radius 3 is 2.65 bits per heavy atom. The standard InChI is InChI=1S/C14H11NO2/c16-13(17)8-9-4-3-6-11-10-5-1-2-7-12(10)15-14(9)11/h1-7,15H,8H2,(H,16,17). The first-order valence-corrected chi connectivity index (χ1v) is 5.46. The molecular formula is C14H11NO2. The number of carboxylic acids is 1. The van der Waals surface area contributed by atoms with Crippen molar-refractivity contribution >= 4 is 27.8 Å². The molecule has 17 heavy (non-hydrogen) atoms. The van der Waals surface area contributed by atoms with Crippen molar-refractivity contribution in [1.82, 2.24) is 4.98 Å². The Kier molecular flexibility index (Phi) is 2.11. The molecule has 1 heterocycles. The summed E-state index contributed by atoms with van der Waals surface area (Å²) >= 11 is 0. The lowest BCUT2D eigenvalue weighted by atomic mass is 10.1. The number of aromatic amines is 1. The van der Waals surface area contributed by atoms with E-state index in [2.05, 4.69) is 4.98 Å². The molecule has 1 aromatic heterocycles. The van der Waals surface area contributed by atoms with Crippen molar-refractivity contribution in [1.29, 1.82) is 0 Å². The highest BCUT2D eigenvalue weighted by Crippen LogP contribution is 2.27. The third-order valence-corrected chi connectivity index (χ3v) is 2.97. The van der Waals surface area contributed by atoms with Gasteiger partial charge in [0, 0.05) is 16.3 Å². The van der Waals surface area contributed by atoms with E-state index < -0.39 is 5.97 Å². The molecule has 0 atom stereocenters. The van der Waals surface area contributed by atoms with E-state index in [9.17, 15) is 4.79 Å². The first kappa shape index (κ1) is 9.90. The molecule has 3 nitrogen and oxygen atoms in total. The maximum Gasteiger partial charge on any atom is 0.307 e. The highest BCUT2D eigenvalue weighted by atomic mass is 16.4. The zero-order valence-corrected chi connectivity index (χ0v) is 9.10. The lowest BCUT2D eigenvalue weighted by molar-refractivity contribution is -0.136. The number of carbonyl (C=O) groups is 1. The van der Waals surface area contributed by atoms with Gasteiger partial charge in [0.1, 0.15) is 0 Å². The number of H-pyrrole nitrogens is 1. The van der Waals surface area contributed by atoms with E-state index in [4.69, 9.17) is 5.11 Å². The number of rotatable bonds is 2. The third kappa shape index (κ3) is 1.56. The third-order valence-electron chi connectivity index (χ3n) is 2.97. The minimum atomic E-state index is -0.809. The van der Waals surface area contributed by atoms with Gasteiger partial charge in [0.2, 0.25) is 0 Å². The van der Waals surface area contributed by atoms with Crippen LogP contribution in [0.15, 0.2) is 42.5 Å². The predicted octanol–water partition coefficient (Wildman–Crippen LogP) is 2.95. The van der Waals surface area contributed by atoms with E-state index in [1.54, 1.807) is 0 Å². The number of para-hydroxylation sites is 2. The van der Waals surface area contributed by atoms with Gasteiger partial charge in [-0.2, -0.15) is 0 Å². The molecule has 0 amide bonds. The van der Waals surface area contributed by atoms with Crippen LogP contribution in [0.3, 0.4) is 0 Å². The molecule has 2 aromatic carbocycles. The summed E-state index contributed by atoms with van der Waals surface area (Å²) in [5.74, 6) is -0.809. The average Bonchev–Trinajstić information content (AvgIpc) is 2.68. The van der Waals surface area contributed by atoms with Crippen LogP contribution in [0.1, 0.15) is 5.56 Å². The van der Waals surface area contributed by atoms with Gasteiger partial charge in [0.25, 0.3) is 0 Å². The van der Waals surface area contributed by atoms with E-state index in [-0.39, 0.29) is 6.42 Å². The second kappa shape index (κ2) is 3.63. The summed E-state index contributed by atoms with van der Waals surface area (Å²) in [5, 5.41) is 11.1. The molecule has 0 unspecified atom stereocenters. The molecule has 0 aliphatic carbocycles. The molecule has 3 rings (SSSR count). The number of benzene rings is 2. The van der Waals surface area contributed by atoms with Gasteiger partial charge in [-0.3, -0.25) is 4.79 Å². The van der Waals surface area contributed by atoms with Gasteiger partial charge in [0.05, 0.1) is 11.9 Å². The molecule has 3 aromatic rings. The maximum atomic E-state index is 10.8. The van der Waals surface area contributed by atoms with Gasteiger partial charge in [-0.05, 0) is 11.6 Å². The van der Waals surface area contributed by atoms with Crippen LogP contribution in [0.5, 0.6) is 0 Å². The number of aromatic nitrogens is 1. The first-order valence-electron chi connectivity index (χ1n) is 5.46. The van der Waals surface area contributed by atoms with Crippen molar-refractivity contribution in [2.45, 2.75) is 6.42 Å². The molecule has 0 bridgehead atoms. The highest BCUT2D eigenvalue weighted by Gasteiger charge is 2.09. The summed E-state index contributed by atoms with van der Waals surface area (Å²) in [6.45, 7) is 0. The van der Waals surface area contributed by atoms with Gasteiger partial charge >= 0.3 is 5.97 Å². The number of aliphatic carboxylic acids is 1. The number of hydrogen-bond donors (Lipinski definition) is 2. The van der Waals surface area contributed by atoms with E-state index in [0.717, 1.165) is 27.4 Å². The number of hydrogen-bond acceptors (Lipinski definition) is 1. The summed E-state index contributed by atoms with van der Waals surface area (Å²) in [7, 11) is 0. The van der Waals surface area contributed by atoms with Crippen LogP contribution in [0, 0.1) is 0 Å². The molecule has 3 heteroatoms. The fraction of sp³-hybridized carbons (Fsp3) is 0.0714. The maximum absolute atomic E-state index is 10.8. The van der Waals surface area contributed by atoms with Crippen molar-refractivity contribution in [3.8, 4) is 0 Å². The van der Waals surface area contributed by atoms with Crippen molar-refractivity contribution in [3.63, 3.8) is 0 Å². The van der Waals surface area contributed by atoms with Gasteiger partial charge in [0.15, 0.2) is 0 Å². The molecule has 0 spiro atoms. The zero-order chi connectivity index (χ0) is 11.8. The minimum absolute atomic E-state index is 0.0458. The minimum Gasteiger partial charge on any atom is -0.481 e. The topological polar surface area (TPSA) is 53.1 Å². The summed E-state index contributed by atoms with van der Waals surface area (Å²) in [6.07, 6.45) is 0.0458. The lowest BCUT2D eigenvalue weighted by Gasteiger charge is -1.98. The van der Waals surface area contributed by atoms with Crippen molar-refractivity contribution in [3.05, 3.63) is 48.0 Å². The first-order chi connectivity index (χ1) is 8.25. The number of nitrogens with one attached hydrogen (secondary N) is 1. The Labute approximate surface area is 97.7 Å². The van der Waals surface area contributed by atoms with Crippen molar-refractivity contribution < 1.29 is 9.90 Å². The monoisotopic (exact) mass is 225 g/mol. The van der Waals surface area contributed by atoms with Gasteiger partial charge in [-0.1, -0.05) is 36.4 Å². The van der Waals surface area contributed by atoms with Crippen LogP contribution in [0.2, 0.25) is 0 Å². The van der Waals surface area contributed by atoms with Crippen LogP contribution >= 0.6 is 0 Å². The number of carboxylic acid groups (broad SMARTS) is 1. The fourth-order valence-corrected chi connectivity index (χ4v) is 2.24. The molecule has 0 saturated heterocycles. The normalized spacial score (nSPS) is 11.1. The van der Waals surface area contributed by atoms with Gasteiger partial charge < -0.3 is 10.1 Å². The van der Waals surface area contributed by atoms with Crippen LogP contribution in [0.4, 0.5) is 0 Å². The Bertz CT molecular complexity index is 712. The molecule has 2 N–H and O–H groups in total. The second-order valence-corrected chi connectivity index (χ2v) is 4.08. The van der Waals surface area contributed by atoms with Crippen LogP contribution in [-0.4, -0.2) is 16.1 Å². The summed E-state index contributed by atoms with van der Waals surface area (Å²) < 4.78 is 0. The smallest absolute Gasteiger partial charge is 0.307 e. The van der Waals surface area contributed by atoms with Crippen molar-refractivity contribution in [2.75, 3.05) is 0 Å². The molecule has 0 saturated carbocycles. The van der Waals surface area contributed by atoms with E-state index in [1.807, 2.05) is 42.5 Å². The Morgan fingerprint density at radius 2 is 1.82 bits per heavy atom. The van der Waals surface area contributed by atoms with Crippen LogP contribution in [-0.2, 0) is 11.2 Å². The Morgan fingerprint density at radius 1 is 1.06 bits per heavy atom. The van der Waals surface area contributed by atoms with Gasteiger partial charge in [-0.15, -0.1) is 0 Å². The summed E-state index contributed by atoms with van der Waals surface area (Å²) in [4.78, 5) is 14.1. The molecule has 0 aliphatic rings. The van der Waals surface area contributed by atoms with Crippen LogP contribution < -0.4 is 0 Å². The molecule has 84 valence electrons. The number of fused-ring (bicyclic) bond motifs is 3. The van der Waals surface area contributed by atoms with Crippen LogP contribution in [0.25, 0.3) is 21.8 Å². The quantitative estimate of drug-likeness (QED) is 0.704. The average molecular weight is 225 g/mol. The Balaban J connectivity index is 2.35. The van der Waals surface area contributed by atoms with E-state index in [1.165, 1.54) is 0 Å². The Hall–Kier alpha value is -2.29. The van der Waals surface area contributed by atoms with E-state index >= 15 is 0 Å². The summed E-state index contributed by atoms with van der Waals surface area (Å²) in [5.41, 5.74) is 2.79. The SMILES string of the molecule is O=C(O)Cc1cccc2c1[nH]c1ccccc12. The summed E-state index contributed by atoms with van der Waals surface area (Å²) in [6, 6.07) is 13.8. The highest BCUT2D eigenvalue weighted by molar-refractivity contribution is 6.08. The lowest BCUT2D eigenvalue weighted by Crippen LogP contribution is -2.00. The molecule has 0 radical (unpaired) electrons. The fourth-order valence-electron chi connectivity index (χ4n) is 2.24. The van der Waals surface area contributed by atoms with Gasteiger partial charge in [-0.25, -0.2) is 0 Å². The second-order valence-electron chi connectivity index (χ2n) is 4.08. The largest absolute Gasteiger partial charge is 0.481 e. The van der Waals surface area contributed by atoms with Crippen molar-refractivity contribution in [2.24, 2.45) is 0 Å². The molecule has 0 aliphatic heterocycles.